The van der Waals surface area contributed by atoms with Gasteiger partial charge in [0.1, 0.15) is 0 Å². The van der Waals surface area contributed by atoms with Gasteiger partial charge in [-0.05, 0) is 45.4 Å². The summed E-state index contributed by atoms with van der Waals surface area (Å²) >= 11 is 0. The van der Waals surface area contributed by atoms with E-state index in [0.717, 1.165) is 17.9 Å². The second-order valence-electron chi connectivity index (χ2n) is 7.51. The molecule has 0 aromatic carbocycles. The molecule has 1 saturated carbocycles. The van der Waals surface area contributed by atoms with E-state index in [9.17, 15) is 0 Å². The van der Waals surface area contributed by atoms with Gasteiger partial charge in [-0.2, -0.15) is 0 Å². The Balaban J connectivity index is 1.56. The maximum absolute atomic E-state index is 3.47. The van der Waals surface area contributed by atoms with E-state index in [2.05, 4.69) is 35.9 Å². The fraction of sp³-hybridized carbons (Fsp3) is 1.00. The van der Waals surface area contributed by atoms with E-state index < -0.39 is 0 Å². The Labute approximate surface area is 112 Å². The summed E-state index contributed by atoms with van der Waals surface area (Å²) in [5.74, 6) is 1.95. The normalized spacial score (nSPS) is 39.2. The van der Waals surface area contributed by atoms with E-state index in [-0.39, 0.29) is 0 Å². The molecule has 2 saturated heterocycles. The van der Waals surface area contributed by atoms with Crippen LogP contribution in [0.25, 0.3) is 0 Å². The molecule has 3 nitrogen and oxygen atoms in total. The minimum Gasteiger partial charge on any atom is -0.314 e. The maximum Gasteiger partial charge on any atom is 0.0125 e. The fourth-order valence-corrected chi connectivity index (χ4v) is 4.16. The van der Waals surface area contributed by atoms with Gasteiger partial charge in [-0.15, -0.1) is 0 Å². The van der Waals surface area contributed by atoms with Crippen molar-refractivity contribution < 1.29 is 0 Å². The lowest BCUT2D eigenvalue weighted by Gasteiger charge is -2.35. The number of rotatable bonds is 1. The van der Waals surface area contributed by atoms with Crippen molar-refractivity contribution in [2.45, 2.75) is 45.2 Å². The summed E-state index contributed by atoms with van der Waals surface area (Å²) in [6, 6.07) is 0.893. The summed E-state index contributed by atoms with van der Waals surface area (Å²) in [6.07, 6.45) is 2.91. The minimum absolute atomic E-state index is 0.370. The van der Waals surface area contributed by atoms with Crippen LogP contribution in [0.1, 0.15) is 33.6 Å². The van der Waals surface area contributed by atoms with Crippen molar-refractivity contribution in [1.29, 1.82) is 0 Å². The van der Waals surface area contributed by atoms with Crippen LogP contribution in [0.3, 0.4) is 0 Å². The van der Waals surface area contributed by atoms with E-state index in [4.69, 9.17) is 0 Å². The Bertz CT molecular complexity index is 277. The molecule has 0 radical (unpaired) electrons. The zero-order valence-electron chi connectivity index (χ0n) is 12.3. The molecule has 0 aromatic rings. The number of hydrogen-bond donors (Lipinski definition) is 1. The highest BCUT2D eigenvalue weighted by Crippen LogP contribution is 2.42. The second kappa shape index (κ2) is 4.77. The van der Waals surface area contributed by atoms with E-state index in [0.29, 0.717) is 5.54 Å². The molecule has 2 heterocycles. The van der Waals surface area contributed by atoms with Crippen LogP contribution in [0.2, 0.25) is 0 Å². The number of hydrogen-bond acceptors (Lipinski definition) is 3. The Morgan fingerprint density at radius 2 is 1.50 bits per heavy atom. The van der Waals surface area contributed by atoms with Crippen molar-refractivity contribution in [3.63, 3.8) is 0 Å². The van der Waals surface area contributed by atoms with E-state index in [1.165, 1.54) is 52.1 Å². The Morgan fingerprint density at radius 1 is 0.944 bits per heavy atom. The number of fused-ring (bicyclic) bond motifs is 1. The summed E-state index contributed by atoms with van der Waals surface area (Å²) in [6.45, 7) is 14.7. The molecule has 2 aliphatic heterocycles. The van der Waals surface area contributed by atoms with Gasteiger partial charge >= 0.3 is 0 Å². The molecule has 0 bridgehead atoms. The molecule has 2 unspecified atom stereocenters. The van der Waals surface area contributed by atoms with Crippen molar-refractivity contribution in [1.82, 2.24) is 15.1 Å². The SMILES string of the molecule is CC(C)(C)N1CC2CC(N3CCNCC3)CC2C1. The number of piperazine rings is 1. The van der Waals surface area contributed by atoms with Crippen LogP contribution < -0.4 is 5.32 Å². The van der Waals surface area contributed by atoms with E-state index in [1.807, 2.05) is 0 Å². The molecule has 3 heteroatoms. The van der Waals surface area contributed by atoms with Gasteiger partial charge < -0.3 is 5.32 Å². The van der Waals surface area contributed by atoms with Crippen LogP contribution in [-0.2, 0) is 0 Å². The van der Waals surface area contributed by atoms with Crippen LogP contribution >= 0.6 is 0 Å². The molecule has 1 aliphatic carbocycles. The van der Waals surface area contributed by atoms with Crippen molar-refractivity contribution in [2.75, 3.05) is 39.3 Å². The summed E-state index contributed by atoms with van der Waals surface area (Å²) in [7, 11) is 0. The van der Waals surface area contributed by atoms with Crippen molar-refractivity contribution in [3.05, 3.63) is 0 Å². The third-order valence-electron chi connectivity index (χ3n) is 5.34. The van der Waals surface area contributed by atoms with Gasteiger partial charge in [-0.3, -0.25) is 9.80 Å². The summed E-state index contributed by atoms with van der Waals surface area (Å²) in [5.41, 5.74) is 0.370. The Kier molecular flexibility index (Phi) is 3.41. The predicted molar refractivity (Wildman–Crippen MR) is 75.8 cm³/mol. The van der Waals surface area contributed by atoms with Gasteiger partial charge in [0.2, 0.25) is 0 Å². The predicted octanol–water partition coefficient (Wildman–Crippen LogP) is 1.40. The quantitative estimate of drug-likeness (QED) is 0.760. The average molecular weight is 251 g/mol. The zero-order valence-corrected chi connectivity index (χ0v) is 12.3. The van der Waals surface area contributed by atoms with Crippen molar-refractivity contribution in [3.8, 4) is 0 Å². The van der Waals surface area contributed by atoms with Gasteiger partial charge in [0.15, 0.2) is 0 Å². The Hall–Kier alpha value is -0.120. The van der Waals surface area contributed by atoms with Gasteiger partial charge in [0.25, 0.3) is 0 Å². The van der Waals surface area contributed by atoms with E-state index >= 15 is 0 Å². The monoisotopic (exact) mass is 251 g/mol. The lowest BCUT2D eigenvalue weighted by atomic mass is 10.0. The van der Waals surface area contributed by atoms with Crippen LogP contribution in [0.15, 0.2) is 0 Å². The molecule has 3 aliphatic rings. The molecule has 3 rings (SSSR count). The minimum atomic E-state index is 0.370. The molecule has 18 heavy (non-hydrogen) atoms. The smallest absolute Gasteiger partial charge is 0.0125 e. The molecule has 0 spiro atoms. The topological polar surface area (TPSA) is 18.5 Å². The summed E-state index contributed by atoms with van der Waals surface area (Å²) in [5, 5.41) is 3.47. The Morgan fingerprint density at radius 3 is 2.00 bits per heavy atom. The maximum atomic E-state index is 3.47. The summed E-state index contributed by atoms with van der Waals surface area (Å²) in [4.78, 5) is 5.45. The fourth-order valence-electron chi connectivity index (χ4n) is 4.16. The molecular weight excluding hydrogens is 222 g/mol. The van der Waals surface area contributed by atoms with Gasteiger partial charge in [0.05, 0.1) is 0 Å². The van der Waals surface area contributed by atoms with Gasteiger partial charge in [-0.25, -0.2) is 0 Å². The highest BCUT2D eigenvalue weighted by atomic mass is 15.2. The summed E-state index contributed by atoms with van der Waals surface area (Å²) < 4.78 is 0. The number of likely N-dealkylation sites (tertiary alicyclic amines) is 1. The van der Waals surface area contributed by atoms with Crippen LogP contribution in [-0.4, -0.2) is 60.6 Å². The molecular formula is C15H29N3. The molecule has 2 atom stereocenters. The van der Waals surface area contributed by atoms with E-state index in [1.54, 1.807) is 0 Å². The van der Waals surface area contributed by atoms with Crippen molar-refractivity contribution >= 4 is 0 Å². The molecule has 1 N–H and O–H groups in total. The highest BCUT2D eigenvalue weighted by molar-refractivity contribution is 4.99. The first-order chi connectivity index (χ1) is 8.54. The lowest BCUT2D eigenvalue weighted by molar-refractivity contribution is 0.133. The molecule has 0 aromatic heterocycles. The lowest BCUT2D eigenvalue weighted by Crippen LogP contribution is -2.48. The standard InChI is InChI=1S/C15H29N3/c1-15(2,3)18-10-12-8-14(9-13(12)11-18)17-6-4-16-5-7-17/h12-14,16H,4-11H2,1-3H3. The first-order valence-electron chi connectivity index (χ1n) is 7.74. The first-order valence-corrected chi connectivity index (χ1v) is 7.74. The third-order valence-corrected chi connectivity index (χ3v) is 5.34. The zero-order chi connectivity index (χ0) is 12.8. The third kappa shape index (κ3) is 2.45. The largest absolute Gasteiger partial charge is 0.314 e. The van der Waals surface area contributed by atoms with Gasteiger partial charge in [0, 0.05) is 50.8 Å². The molecule has 0 amide bonds. The number of nitrogens with zero attached hydrogens (tertiary/aromatic N) is 2. The van der Waals surface area contributed by atoms with Crippen LogP contribution in [0, 0.1) is 11.8 Å². The average Bonchev–Trinajstić information content (AvgIpc) is 2.86. The van der Waals surface area contributed by atoms with Gasteiger partial charge in [-0.1, -0.05) is 0 Å². The number of nitrogens with one attached hydrogen (secondary N) is 1. The molecule has 3 fully saturated rings. The highest BCUT2D eigenvalue weighted by Gasteiger charge is 2.44. The van der Waals surface area contributed by atoms with Crippen LogP contribution in [0.4, 0.5) is 0 Å². The molecule has 104 valence electrons. The first kappa shape index (κ1) is 12.9. The van der Waals surface area contributed by atoms with Crippen LogP contribution in [0.5, 0.6) is 0 Å². The van der Waals surface area contributed by atoms with Crippen molar-refractivity contribution in [2.24, 2.45) is 11.8 Å². The second-order valence-corrected chi connectivity index (χ2v) is 7.51.